The molecule has 0 aromatic heterocycles. The van der Waals surface area contributed by atoms with E-state index in [0.717, 1.165) is 15.7 Å². The third kappa shape index (κ3) is 4.05. The molecule has 0 bridgehead atoms. The first-order valence-corrected chi connectivity index (χ1v) is 8.16. The second-order valence-electron chi connectivity index (χ2n) is 5.22. The number of carbonyl (C=O) groups excluding carboxylic acids is 1. The summed E-state index contributed by atoms with van der Waals surface area (Å²) in [6.07, 6.45) is 1.56. The molecule has 1 aliphatic heterocycles. The van der Waals surface area contributed by atoms with Crippen LogP contribution in [0.5, 0.6) is 11.5 Å². The fourth-order valence-corrected chi connectivity index (χ4v) is 2.39. The van der Waals surface area contributed by atoms with Crippen molar-refractivity contribution in [2.45, 2.75) is 13.0 Å². The summed E-state index contributed by atoms with van der Waals surface area (Å²) in [5.41, 5.74) is 4.19. The van der Waals surface area contributed by atoms with Crippen LogP contribution in [0.15, 0.2) is 52.0 Å². The third-order valence-electron chi connectivity index (χ3n) is 3.41. The molecule has 1 atom stereocenters. The van der Waals surface area contributed by atoms with Gasteiger partial charge in [-0.05, 0) is 55.0 Å². The Bertz CT molecular complexity index is 762. The number of benzene rings is 2. The monoisotopic (exact) mass is 389 g/mol. The molecule has 0 spiro atoms. The van der Waals surface area contributed by atoms with Crippen LogP contribution < -0.4 is 20.2 Å². The lowest BCUT2D eigenvalue weighted by Gasteiger charge is -2.13. The van der Waals surface area contributed by atoms with Crippen molar-refractivity contribution in [2.75, 3.05) is 12.1 Å². The minimum atomic E-state index is -0.417. The summed E-state index contributed by atoms with van der Waals surface area (Å²) in [5.74, 6) is 1.16. The Morgan fingerprint density at radius 2 is 1.96 bits per heavy atom. The van der Waals surface area contributed by atoms with E-state index in [-0.39, 0.29) is 12.7 Å². The number of hydrogen-bond acceptors (Lipinski definition) is 5. The maximum Gasteiger partial charge on any atom is 0.262 e. The largest absolute Gasteiger partial charge is 0.454 e. The average Bonchev–Trinajstić information content (AvgIpc) is 3.04. The van der Waals surface area contributed by atoms with E-state index in [9.17, 15) is 4.79 Å². The van der Waals surface area contributed by atoms with Crippen LogP contribution in [-0.2, 0) is 4.79 Å². The van der Waals surface area contributed by atoms with Gasteiger partial charge in [-0.2, -0.15) is 5.10 Å². The number of amides is 1. The van der Waals surface area contributed by atoms with Gasteiger partial charge in [0, 0.05) is 10.2 Å². The summed E-state index contributed by atoms with van der Waals surface area (Å²) in [7, 11) is 0. The molecule has 1 aliphatic rings. The van der Waals surface area contributed by atoms with Crippen LogP contribution in [0.25, 0.3) is 0 Å². The van der Waals surface area contributed by atoms with Crippen molar-refractivity contribution in [1.82, 2.24) is 5.43 Å². The molecule has 124 valence electrons. The van der Waals surface area contributed by atoms with Gasteiger partial charge in [0.2, 0.25) is 6.79 Å². The molecule has 0 radical (unpaired) electrons. The number of nitrogens with zero attached hydrogens (tertiary/aromatic N) is 1. The zero-order valence-electron chi connectivity index (χ0n) is 13.0. The average molecular weight is 390 g/mol. The van der Waals surface area contributed by atoms with E-state index in [1.54, 1.807) is 13.1 Å². The second kappa shape index (κ2) is 7.35. The summed E-state index contributed by atoms with van der Waals surface area (Å²) < 4.78 is 11.5. The van der Waals surface area contributed by atoms with Gasteiger partial charge >= 0.3 is 0 Å². The lowest BCUT2D eigenvalue weighted by atomic mass is 10.2. The SMILES string of the molecule is CC(Nc1ccc(Br)cc1)C(=O)NN=Cc1ccc2c(c1)OCO2. The van der Waals surface area contributed by atoms with E-state index in [1.165, 1.54) is 0 Å². The molecule has 3 rings (SSSR count). The Hall–Kier alpha value is -2.54. The summed E-state index contributed by atoms with van der Waals surface area (Å²) in [5, 5.41) is 7.08. The smallest absolute Gasteiger partial charge is 0.262 e. The normalized spacial score (nSPS) is 13.8. The highest BCUT2D eigenvalue weighted by Gasteiger charge is 2.13. The highest BCUT2D eigenvalue weighted by atomic mass is 79.9. The number of anilines is 1. The number of carbonyl (C=O) groups is 1. The molecule has 2 N–H and O–H groups in total. The van der Waals surface area contributed by atoms with E-state index in [0.29, 0.717) is 11.5 Å². The van der Waals surface area contributed by atoms with Gasteiger partial charge in [-0.3, -0.25) is 4.79 Å². The van der Waals surface area contributed by atoms with Crippen LogP contribution in [-0.4, -0.2) is 25.0 Å². The highest BCUT2D eigenvalue weighted by molar-refractivity contribution is 9.10. The number of ether oxygens (including phenoxy) is 2. The van der Waals surface area contributed by atoms with Gasteiger partial charge in [-0.1, -0.05) is 15.9 Å². The number of hydrogen-bond donors (Lipinski definition) is 2. The maximum absolute atomic E-state index is 12.1. The lowest BCUT2D eigenvalue weighted by Crippen LogP contribution is -2.34. The van der Waals surface area contributed by atoms with Gasteiger partial charge in [0.25, 0.3) is 5.91 Å². The summed E-state index contributed by atoms with van der Waals surface area (Å²) in [6, 6.07) is 12.6. The highest BCUT2D eigenvalue weighted by Crippen LogP contribution is 2.31. The van der Waals surface area contributed by atoms with Crippen LogP contribution in [0.3, 0.4) is 0 Å². The van der Waals surface area contributed by atoms with Gasteiger partial charge in [0.15, 0.2) is 11.5 Å². The van der Waals surface area contributed by atoms with Gasteiger partial charge in [0.1, 0.15) is 6.04 Å². The summed E-state index contributed by atoms with van der Waals surface area (Å²) in [4.78, 5) is 12.1. The van der Waals surface area contributed by atoms with Gasteiger partial charge in [0.05, 0.1) is 6.21 Å². The third-order valence-corrected chi connectivity index (χ3v) is 3.93. The van der Waals surface area contributed by atoms with E-state index >= 15 is 0 Å². The molecule has 0 saturated heterocycles. The van der Waals surface area contributed by atoms with E-state index < -0.39 is 6.04 Å². The molecule has 1 amide bonds. The predicted molar refractivity (Wildman–Crippen MR) is 95.5 cm³/mol. The standard InChI is InChI=1S/C17H16BrN3O3/c1-11(20-14-5-3-13(18)4-6-14)17(22)21-19-9-12-2-7-15-16(8-12)24-10-23-15/h2-9,11,20H,10H2,1H3,(H,21,22). The molecule has 1 heterocycles. The zero-order valence-corrected chi connectivity index (χ0v) is 14.5. The zero-order chi connectivity index (χ0) is 16.9. The Balaban J connectivity index is 1.53. The molecule has 1 unspecified atom stereocenters. The number of fused-ring (bicyclic) bond motifs is 1. The molecule has 6 nitrogen and oxygen atoms in total. The quantitative estimate of drug-likeness (QED) is 0.608. The molecule has 2 aromatic carbocycles. The topological polar surface area (TPSA) is 72.0 Å². The predicted octanol–water partition coefficient (Wildman–Crippen LogP) is 3.13. The summed E-state index contributed by atoms with van der Waals surface area (Å²) in [6.45, 7) is 2.00. The minimum Gasteiger partial charge on any atom is -0.454 e. The van der Waals surface area contributed by atoms with Crippen LogP contribution in [0, 0.1) is 0 Å². The minimum absolute atomic E-state index is 0.227. The molecule has 0 saturated carbocycles. The Kier molecular flexibility index (Phi) is 5.00. The van der Waals surface area contributed by atoms with Crippen LogP contribution in [0.1, 0.15) is 12.5 Å². The molecule has 24 heavy (non-hydrogen) atoms. The first-order valence-electron chi connectivity index (χ1n) is 7.36. The second-order valence-corrected chi connectivity index (χ2v) is 6.14. The Morgan fingerprint density at radius 3 is 2.75 bits per heavy atom. The van der Waals surface area contributed by atoms with Gasteiger partial charge in [-0.15, -0.1) is 0 Å². The van der Waals surface area contributed by atoms with Crippen molar-refractivity contribution in [1.29, 1.82) is 0 Å². The van der Waals surface area contributed by atoms with E-state index in [1.807, 2.05) is 42.5 Å². The first kappa shape index (κ1) is 16.3. The van der Waals surface area contributed by atoms with Crippen molar-refractivity contribution < 1.29 is 14.3 Å². The number of hydrazone groups is 1. The molecular formula is C17H16BrN3O3. The Morgan fingerprint density at radius 1 is 1.21 bits per heavy atom. The van der Waals surface area contributed by atoms with Crippen molar-refractivity contribution >= 4 is 33.7 Å². The Labute approximate surface area is 148 Å². The molecule has 7 heteroatoms. The fraction of sp³-hybridized carbons (Fsp3) is 0.176. The molecular weight excluding hydrogens is 374 g/mol. The lowest BCUT2D eigenvalue weighted by molar-refractivity contribution is -0.121. The molecule has 2 aromatic rings. The van der Waals surface area contributed by atoms with E-state index in [4.69, 9.17) is 9.47 Å². The molecule has 0 aliphatic carbocycles. The fourth-order valence-electron chi connectivity index (χ4n) is 2.12. The number of nitrogens with one attached hydrogen (secondary N) is 2. The van der Waals surface area contributed by atoms with Gasteiger partial charge < -0.3 is 14.8 Å². The first-order chi connectivity index (χ1) is 11.6. The maximum atomic E-state index is 12.1. The van der Waals surface area contributed by atoms with Crippen LogP contribution in [0.4, 0.5) is 5.69 Å². The van der Waals surface area contributed by atoms with Crippen LogP contribution in [0.2, 0.25) is 0 Å². The number of rotatable bonds is 5. The number of halogens is 1. The van der Waals surface area contributed by atoms with Gasteiger partial charge in [-0.25, -0.2) is 5.43 Å². The summed E-state index contributed by atoms with van der Waals surface area (Å²) >= 11 is 3.37. The van der Waals surface area contributed by atoms with Crippen molar-refractivity contribution in [3.8, 4) is 11.5 Å². The van der Waals surface area contributed by atoms with Crippen LogP contribution >= 0.6 is 15.9 Å². The molecule has 0 fully saturated rings. The van der Waals surface area contributed by atoms with E-state index in [2.05, 4.69) is 31.8 Å². The van der Waals surface area contributed by atoms with Crippen molar-refractivity contribution in [2.24, 2.45) is 5.10 Å². The van der Waals surface area contributed by atoms with Crippen molar-refractivity contribution in [3.63, 3.8) is 0 Å². The van der Waals surface area contributed by atoms with Crippen molar-refractivity contribution in [3.05, 3.63) is 52.5 Å².